The van der Waals surface area contributed by atoms with Crippen LogP contribution in [0.5, 0.6) is 5.75 Å². The van der Waals surface area contributed by atoms with Crippen molar-refractivity contribution in [2.75, 3.05) is 12.4 Å². The average Bonchev–Trinajstić information content (AvgIpc) is 3.00. The van der Waals surface area contributed by atoms with Crippen molar-refractivity contribution in [2.45, 2.75) is 25.8 Å². The van der Waals surface area contributed by atoms with E-state index >= 15 is 0 Å². The molecule has 6 nitrogen and oxygen atoms in total. The van der Waals surface area contributed by atoms with Crippen LogP contribution in [-0.2, 0) is 4.79 Å². The smallest absolute Gasteiger partial charge is 0.226 e. The highest BCUT2D eigenvalue weighted by atomic mass is 16.5. The third-order valence-electron chi connectivity index (χ3n) is 4.48. The predicted octanol–water partition coefficient (Wildman–Crippen LogP) is 2.55. The van der Waals surface area contributed by atoms with Gasteiger partial charge in [-0.2, -0.15) is 10.1 Å². The molecule has 0 bridgehead atoms. The third kappa shape index (κ3) is 2.21. The molecule has 0 unspecified atom stereocenters. The molecule has 6 heteroatoms. The maximum Gasteiger partial charge on any atom is 0.226 e. The van der Waals surface area contributed by atoms with E-state index < -0.39 is 0 Å². The largest absolute Gasteiger partial charge is 0.497 e. The number of allylic oxidation sites excluding steroid dienone is 2. The molecule has 0 saturated heterocycles. The van der Waals surface area contributed by atoms with Gasteiger partial charge < -0.3 is 10.1 Å². The summed E-state index contributed by atoms with van der Waals surface area (Å²) in [5, 5.41) is 7.62. The van der Waals surface area contributed by atoms with Crippen molar-refractivity contribution in [1.82, 2.24) is 14.8 Å². The van der Waals surface area contributed by atoms with Crippen LogP contribution < -0.4 is 10.1 Å². The molecule has 2 heterocycles. The molecule has 0 radical (unpaired) electrons. The second-order valence-corrected chi connectivity index (χ2v) is 6.16. The van der Waals surface area contributed by atoms with E-state index in [9.17, 15) is 4.79 Å². The number of carbonyl (C=O) groups is 1. The van der Waals surface area contributed by atoms with Gasteiger partial charge in [0.05, 0.1) is 7.11 Å². The first kappa shape index (κ1) is 14.0. The number of nitrogens with one attached hydrogen (secondary N) is 1. The number of hydrogen-bond donors (Lipinski definition) is 1. The van der Waals surface area contributed by atoms with E-state index in [1.54, 1.807) is 11.8 Å². The number of ketones is 1. The Bertz CT molecular complexity index is 808. The fraction of sp³-hybridized carbons (Fsp3) is 0.353. The number of aromatic nitrogens is 3. The molecule has 2 aromatic rings. The Morgan fingerprint density at radius 2 is 2.22 bits per heavy atom. The highest BCUT2D eigenvalue weighted by Gasteiger charge is 2.37. The van der Waals surface area contributed by atoms with Gasteiger partial charge in [-0.1, -0.05) is 19.1 Å². The Morgan fingerprint density at radius 1 is 1.35 bits per heavy atom. The van der Waals surface area contributed by atoms with E-state index in [0.717, 1.165) is 29.0 Å². The van der Waals surface area contributed by atoms with Gasteiger partial charge in [0.1, 0.15) is 18.1 Å². The first-order chi connectivity index (χ1) is 11.2. The number of nitrogens with zero attached hydrogens (tertiary/aromatic N) is 3. The zero-order valence-corrected chi connectivity index (χ0v) is 13.1. The average molecular weight is 310 g/mol. The minimum atomic E-state index is -0.251. The second-order valence-electron chi connectivity index (χ2n) is 6.16. The lowest BCUT2D eigenvalue weighted by atomic mass is 9.81. The Balaban J connectivity index is 1.89. The van der Waals surface area contributed by atoms with Gasteiger partial charge in [-0.25, -0.2) is 4.68 Å². The molecule has 1 aromatic heterocycles. The van der Waals surface area contributed by atoms with Gasteiger partial charge in [-0.05, 0) is 30.0 Å². The van der Waals surface area contributed by atoms with E-state index in [1.807, 2.05) is 24.3 Å². The monoisotopic (exact) mass is 310 g/mol. The summed E-state index contributed by atoms with van der Waals surface area (Å²) < 4.78 is 7.11. The summed E-state index contributed by atoms with van der Waals surface area (Å²) in [4.78, 5) is 17.0. The lowest BCUT2D eigenvalue weighted by Crippen LogP contribution is -2.33. The molecular weight excluding hydrogens is 292 g/mol. The van der Waals surface area contributed by atoms with Crippen LogP contribution in [-0.4, -0.2) is 27.7 Å². The van der Waals surface area contributed by atoms with Crippen molar-refractivity contribution < 1.29 is 9.53 Å². The third-order valence-corrected chi connectivity index (χ3v) is 4.48. The molecule has 2 aliphatic rings. The standard InChI is InChI=1S/C17H18N4O2/c1-10-6-13-15(14(22)7-10)16(21-17(20-13)18-9-19-21)11-4-3-5-12(8-11)23-2/h3-5,8-10,16H,6-7H2,1-2H3,(H,18,19,20)/t10-,16+/m1/s1. The first-order valence-electron chi connectivity index (χ1n) is 7.74. The van der Waals surface area contributed by atoms with Crippen LogP contribution >= 0.6 is 0 Å². The fourth-order valence-electron chi connectivity index (χ4n) is 3.47. The lowest BCUT2D eigenvalue weighted by molar-refractivity contribution is -0.117. The molecule has 1 aromatic carbocycles. The number of rotatable bonds is 2. The van der Waals surface area contributed by atoms with E-state index in [0.29, 0.717) is 18.3 Å². The minimum Gasteiger partial charge on any atom is -0.497 e. The van der Waals surface area contributed by atoms with Crippen LogP contribution in [0.2, 0.25) is 0 Å². The molecule has 0 saturated carbocycles. The maximum absolute atomic E-state index is 12.7. The van der Waals surface area contributed by atoms with Gasteiger partial charge >= 0.3 is 0 Å². The molecule has 1 N–H and O–H groups in total. The van der Waals surface area contributed by atoms with Crippen LogP contribution in [0.1, 0.15) is 31.4 Å². The highest BCUT2D eigenvalue weighted by Crippen LogP contribution is 2.41. The number of fused-ring (bicyclic) bond motifs is 1. The van der Waals surface area contributed by atoms with Crippen molar-refractivity contribution in [3.63, 3.8) is 0 Å². The SMILES string of the molecule is COc1cccc([C@H]2C3=C(C[C@@H](C)CC3=O)Nc3ncnn32)c1. The number of ether oxygens (including phenoxy) is 1. The van der Waals surface area contributed by atoms with Crippen LogP contribution in [0.3, 0.4) is 0 Å². The molecule has 118 valence electrons. The van der Waals surface area contributed by atoms with E-state index in [4.69, 9.17) is 4.74 Å². The zero-order chi connectivity index (χ0) is 16.0. The topological polar surface area (TPSA) is 69.0 Å². The van der Waals surface area contributed by atoms with Crippen LogP contribution in [0.4, 0.5) is 5.95 Å². The second kappa shape index (κ2) is 5.22. The van der Waals surface area contributed by atoms with Crippen molar-refractivity contribution in [3.05, 3.63) is 47.4 Å². The summed E-state index contributed by atoms with van der Waals surface area (Å²) in [6.07, 6.45) is 2.95. The molecule has 2 atom stereocenters. The lowest BCUT2D eigenvalue weighted by Gasteiger charge is -2.34. The summed E-state index contributed by atoms with van der Waals surface area (Å²) >= 11 is 0. The van der Waals surface area contributed by atoms with Gasteiger partial charge in [-0.15, -0.1) is 0 Å². The zero-order valence-electron chi connectivity index (χ0n) is 13.1. The minimum absolute atomic E-state index is 0.181. The van der Waals surface area contributed by atoms with Crippen molar-refractivity contribution in [2.24, 2.45) is 5.92 Å². The van der Waals surface area contributed by atoms with Gasteiger partial charge in [-0.3, -0.25) is 4.79 Å². The van der Waals surface area contributed by atoms with Crippen molar-refractivity contribution in [3.8, 4) is 5.75 Å². The molecule has 1 aliphatic carbocycles. The van der Waals surface area contributed by atoms with Gasteiger partial charge in [0.25, 0.3) is 0 Å². The predicted molar refractivity (Wildman–Crippen MR) is 85.2 cm³/mol. The number of anilines is 1. The van der Waals surface area contributed by atoms with Gasteiger partial charge in [0.2, 0.25) is 5.95 Å². The molecule has 4 rings (SSSR count). The Hall–Kier alpha value is -2.63. The Morgan fingerprint density at radius 3 is 3.04 bits per heavy atom. The number of Topliss-reactive ketones (excluding diaryl/α,β-unsaturated/α-hetero) is 1. The summed E-state index contributed by atoms with van der Waals surface area (Å²) in [5.74, 6) is 1.97. The summed E-state index contributed by atoms with van der Waals surface area (Å²) in [5.41, 5.74) is 2.75. The number of benzene rings is 1. The number of methoxy groups -OCH3 is 1. The molecular formula is C17H18N4O2. The van der Waals surface area contributed by atoms with Crippen LogP contribution in [0.25, 0.3) is 0 Å². The summed E-state index contributed by atoms with van der Waals surface area (Å²) in [6, 6.07) is 7.53. The number of carbonyl (C=O) groups excluding carboxylic acids is 1. The quantitative estimate of drug-likeness (QED) is 0.923. The molecule has 23 heavy (non-hydrogen) atoms. The van der Waals surface area contributed by atoms with Crippen molar-refractivity contribution in [1.29, 1.82) is 0 Å². The van der Waals surface area contributed by atoms with Crippen LogP contribution in [0, 0.1) is 5.92 Å². The molecule has 0 amide bonds. The van der Waals surface area contributed by atoms with E-state index in [1.165, 1.54) is 6.33 Å². The Labute approximate surface area is 134 Å². The highest BCUT2D eigenvalue weighted by molar-refractivity contribution is 5.99. The van der Waals surface area contributed by atoms with Gasteiger partial charge in [0.15, 0.2) is 5.78 Å². The molecule has 0 fully saturated rings. The normalized spacial score (nSPS) is 23.1. The molecule has 0 spiro atoms. The van der Waals surface area contributed by atoms with Crippen LogP contribution in [0.15, 0.2) is 41.9 Å². The molecule has 1 aliphatic heterocycles. The summed E-state index contributed by atoms with van der Waals surface area (Å²) in [7, 11) is 1.64. The summed E-state index contributed by atoms with van der Waals surface area (Å²) in [6.45, 7) is 2.10. The van der Waals surface area contributed by atoms with E-state index in [2.05, 4.69) is 22.3 Å². The van der Waals surface area contributed by atoms with E-state index in [-0.39, 0.29) is 11.8 Å². The Kier molecular flexibility index (Phi) is 3.18. The first-order valence-corrected chi connectivity index (χ1v) is 7.74. The fourth-order valence-corrected chi connectivity index (χ4v) is 3.47. The number of hydrogen-bond acceptors (Lipinski definition) is 5. The van der Waals surface area contributed by atoms with Crippen molar-refractivity contribution >= 4 is 11.7 Å². The maximum atomic E-state index is 12.7. The van der Waals surface area contributed by atoms with Gasteiger partial charge in [0, 0.05) is 17.7 Å².